The molecule has 11 nitrogen and oxygen atoms in total. The minimum atomic E-state index is -3.53. The summed E-state index contributed by atoms with van der Waals surface area (Å²) in [7, 11) is -3.53. The van der Waals surface area contributed by atoms with Gasteiger partial charge in [0.05, 0.1) is 22.0 Å². The molecule has 33 heavy (non-hydrogen) atoms. The predicted molar refractivity (Wildman–Crippen MR) is 115 cm³/mol. The molecule has 2 aliphatic rings. The maximum atomic E-state index is 13.2. The summed E-state index contributed by atoms with van der Waals surface area (Å²) in [6.07, 6.45) is 0.577. The summed E-state index contributed by atoms with van der Waals surface area (Å²) >= 11 is 0. The first-order valence-electron chi connectivity index (χ1n) is 10.5. The number of benzene rings is 1. The van der Waals surface area contributed by atoms with Gasteiger partial charge in [-0.05, 0) is 38.5 Å². The van der Waals surface area contributed by atoms with Crippen LogP contribution in [0.5, 0.6) is 5.75 Å². The second kappa shape index (κ2) is 8.50. The second-order valence-electron chi connectivity index (χ2n) is 7.80. The van der Waals surface area contributed by atoms with Crippen LogP contribution in [0.3, 0.4) is 0 Å². The minimum Gasteiger partial charge on any atom is -0.482 e. The van der Waals surface area contributed by atoms with E-state index >= 15 is 0 Å². The number of carbonyl (C=O) groups is 3. The Morgan fingerprint density at radius 3 is 2.55 bits per heavy atom. The first-order valence-corrected chi connectivity index (χ1v) is 12.1. The molecule has 2 aliphatic heterocycles. The summed E-state index contributed by atoms with van der Waals surface area (Å²) in [5.41, 5.74) is 0.938. The first kappa shape index (κ1) is 22.8. The summed E-state index contributed by atoms with van der Waals surface area (Å²) < 4.78 is 35.1. The molecule has 1 aromatic carbocycles. The molecule has 3 amide bonds. The third-order valence-corrected chi connectivity index (χ3v) is 7.44. The molecule has 0 saturated carbocycles. The van der Waals surface area contributed by atoms with E-state index < -0.39 is 27.6 Å². The van der Waals surface area contributed by atoms with Gasteiger partial charge in [-0.1, -0.05) is 12.1 Å². The summed E-state index contributed by atoms with van der Waals surface area (Å²) in [5.74, 6) is -0.794. The van der Waals surface area contributed by atoms with Crippen molar-refractivity contribution in [2.24, 2.45) is 0 Å². The lowest BCUT2D eigenvalue weighted by Crippen LogP contribution is -2.51. The number of sulfone groups is 1. The first-order chi connectivity index (χ1) is 15.6. The lowest BCUT2D eigenvalue weighted by molar-refractivity contribution is -0.140. The Morgan fingerprint density at radius 1 is 1.15 bits per heavy atom. The second-order valence-corrected chi connectivity index (χ2v) is 10.1. The van der Waals surface area contributed by atoms with E-state index in [-0.39, 0.29) is 29.5 Å². The van der Waals surface area contributed by atoms with Crippen molar-refractivity contribution in [2.45, 2.75) is 32.1 Å². The number of nitrogens with zero attached hydrogens (tertiary/aromatic N) is 4. The molecule has 0 bridgehead atoms. The Bertz CT molecular complexity index is 1220. The molecule has 2 aromatic rings. The fraction of sp³-hybridized carbons (Fsp3) is 0.429. The van der Waals surface area contributed by atoms with Crippen LogP contribution < -0.4 is 9.64 Å². The van der Waals surface area contributed by atoms with Crippen LogP contribution >= 0.6 is 0 Å². The van der Waals surface area contributed by atoms with E-state index in [4.69, 9.17) is 9.26 Å². The van der Waals surface area contributed by atoms with Crippen molar-refractivity contribution in [1.82, 2.24) is 15.2 Å². The highest BCUT2D eigenvalue weighted by atomic mass is 32.2. The minimum absolute atomic E-state index is 0.0379. The molecular formula is C21H24N4O7S. The van der Waals surface area contributed by atoms with Crippen LogP contribution in [-0.4, -0.2) is 73.3 Å². The lowest BCUT2D eigenvalue weighted by atomic mass is 10.2. The maximum Gasteiger partial charge on any atom is 0.277 e. The number of amides is 3. The number of aryl methyl sites for hydroxylation is 2. The molecule has 0 unspecified atom stereocenters. The SMILES string of the molecule is CCS(=O)(=O)c1ccc2c(c1)N(CC(=O)N1CCCN1C(=O)c1c(C)noc1C)C(=O)CO2. The van der Waals surface area contributed by atoms with E-state index in [1.165, 1.54) is 40.0 Å². The molecular weight excluding hydrogens is 452 g/mol. The zero-order valence-electron chi connectivity index (χ0n) is 18.5. The van der Waals surface area contributed by atoms with Crippen LogP contribution in [0.4, 0.5) is 5.69 Å². The van der Waals surface area contributed by atoms with Gasteiger partial charge in [0.25, 0.3) is 17.7 Å². The number of fused-ring (bicyclic) bond motifs is 1. The fourth-order valence-corrected chi connectivity index (χ4v) is 4.83. The zero-order valence-corrected chi connectivity index (χ0v) is 19.3. The van der Waals surface area contributed by atoms with Crippen molar-refractivity contribution >= 4 is 33.2 Å². The lowest BCUT2D eigenvalue weighted by Gasteiger charge is -2.33. The quantitative estimate of drug-likeness (QED) is 0.627. The van der Waals surface area contributed by atoms with Gasteiger partial charge in [0.1, 0.15) is 23.6 Å². The van der Waals surface area contributed by atoms with E-state index in [1.54, 1.807) is 13.8 Å². The van der Waals surface area contributed by atoms with Gasteiger partial charge in [0.15, 0.2) is 16.4 Å². The molecule has 1 aromatic heterocycles. The molecule has 1 fully saturated rings. The highest BCUT2D eigenvalue weighted by Crippen LogP contribution is 2.34. The topological polar surface area (TPSA) is 130 Å². The van der Waals surface area contributed by atoms with Crippen molar-refractivity contribution in [2.75, 3.05) is 36.9 Å². The summed E-state index contributed by atoms with van der Waals surface area (Å²) in [6.45, 7) is 4.80. The van der Waals surface area contributed by atoms with Crippen molar-refractivity contribution < 1.29 is 32.1 Å². The molecule has 0 spiro atoms. The molecule has 0 N–H and O–H groups in total. The maximum absolute atomic E-state index is 13.2. The van der Waals surface area contributed by atoms with Crippen molar-refractivity contribution in [3.05, 3.63) is 35.2 Å². The number of ether oxygens (including phenoxy) is 1. The zero-order chi connectivity index (χ0) is 23.9. The van der Waals surface area contributed by atoms with Gasteiger partial charge in [-0.2, -0.15) is 0 Å². The standard InChI is InChI=1S/C21H24N4O7S/c1-4-33(29,30)15-6-7-17-16(10-15)23(19(27)12-31-17)11-18(26)24-8-5-9-25(24)21(28)20-13(2)22-32-14(20)3/h6-7,10H,4-5,8-9,11-12H2,1-3H3. The number of hydrazine groups is 1. The Balaban J connectivity index is 1.60. The predicted octanol–water partition coefficient (Wildman–Crippen LogP) is 1.10. The normalized spacial score (nSPS) is 16.1. The molecule has 1 saturated heterocycles. The third-order valence-electron chi connectivity index (χ3n) is 5.71. The summed E-state index contributed by atoms with van der Waals surface area (Å²) in [4.78, 5) is 40.1. The van der Waals surface area contributed by atoms with Gasteiger partial charge in [-0.3, -0.25) is 19.3 Å². The average molecular weight is 477 g/mol. The monoisotopic (exact) mass is 476 g/mol. The highest BCUT2D eigenvalue weighted by Gasteiger charge is 2.36. The van der Waals surface area contributed by atoms with E-state index in [2.05, 4.69) is 5.16 Å². The van der Waals surface area contributed by atoms with Gasteiger partial charge in [0, 0.05) is 13.1 Å². The van der Waals surface area contributed by atoms with Crippen LogP contribution in [0.2, 0.25) is 0 Å². The highest BCUT2D eigenvalue weighted by molar-refractivity contribution is 7.91. The van der Waals surface area contributed by atoms with Crippen molar-refractivity contribution in [3.8, 4) is 5.75 Å². The molecule has 0 radical (unpaired) electrons. The van der Waals surface area contributed by atoms with Gasteiger partial charge in [0.2, 0.25) is 0 Å². The van der Waals surface area contributed by atoms with Gasteiger partial charge in [-0.25, -0.2) is 18.4 Å². The Labute approximate surface area is 190 Å². The van der Waals surface area contributed by atoms with E-state index in [9.17, 15) is 22.8 Å². The molecule has 176 valence electrons. The molecule has 12 heteroatoms. The van der Waals surface area contributed by atoms with Crippen LogP contribution in [0.25, 0.3) is 0 Å². The Morgan fingerprint density at radius 2 is 1.88 bits per heavy atom. The molecule has 0 atom stereocenters. The van der Waals surface area contributed by atoms with Crippen molar-refractivity contribution in [3.63, 3.8) is 0 Å². The smallest absolute Gasteiger partial charge is 0.277 e. The Kier molecular flexibility index (Phi) is 5.87. The van der Waals surface area contributed by atoms with E-state index in [1.807, 2.05) is 0 Å². The third kappa shape index (κ3) is 4.06. The number of aromatic nitrogens is 1. The number of hydrogen-bond donors (Lipinski definition) is 0. The fourth-order valence-electron chi connectivity index (χ4n) is 3.93. The summed E-state index contributed by atoms with van der Waals surface area (Å²) in [6, 6.07) is 4.23. The summed E-state index contributed by atoms with van der Waals surface area (Å²) in [5, 5.41) is 6.44. The van der Waals surface area contributed by atoms with Crippen molar-refractivity contribution in [1.29, 1.82) is 0 Å². The molecule has 0 aliphatic carbocycles. The van der Waals surface area contributed by atoms with E-state index in [0.717, 1.165) is 0 Å². The molecule has 4 rings (SSSR count). The molecule has 3 heterocycles. The number of carbonyl (C=O) groups excluding carboxylic acids is 3. The van der Waals surface area contributed by atoms with Crippen LogP contribution in [0, 0.1) is 13.8 Å². The average Bonchev–Trinajstić information content (AvgIpc) is 3.41. The van der Waals surface area contributed by atoms with Crippen LogP contribution in [-0.2, 0) is 19.4 Å². The van der Waals surface area contributed by atoms with Crippen LogP contribution in [0.1, 0.15) is 35.2 Å². The number of anilines is 1. The Hall–Kier alpha value is -3.41. The van der Waals surface area contributed by atoms with Gasteiger partial charge < -0.3 is 9.26 Å². The largest absolute Gasteiger partial charge is 0.482 e. The van der Waals surface area contributed by atoms with Crippen LogP contribution in [0.15, 0.2) is 27.6 Å². The van der Waals surface area contributed by atoms with E-state index in [0.29, 0.717) is 42.3 Å². The van der Waals surface area contributed by atoms with Gasteiger partial charge in [-0.15, -0.1) is 0 Å². The number of rotatable bonds is 5. The van der Waals surface area contributed by atoms with Gasteiger partial charge >= 0.3 is 0 Å². The number of hydrogen-bond acceptors (Lipinski definition) is 8.